The second-order valence-corrected chi connectivity index (χ2v) is 6.75. The van der Waals surface area contributed by atoms with Crippen LogP contribution in [0, 0.1) is 5.92 Å². The van der Waals surface area contributed by atoms with Crippen molar-refractivity contribution in [3.8, 4) is 5.75 Å². The Hall–Kier alpha value is -2.12. The van der Waals surface area contributed by atoms with E-state index in [2.05, 4.69) is 10.9 Å². The Kier molecular flexibility index (Phi) is 6.11. The van der Waals surface area contributed by atoms with Gasteiger partial charge in [0.2, 0.25) is 5.91 Å². The fraction of sp³-hybridized carbons (Fsp3) is 0.579. The van der Waals surface area contributed by atoms with Crippen LogP contribution in [0.3, 0.4) is 0 Å². The number of piperidine rings is 1. The second kappa shape index (κ2) is 8.51. The average Bonchev–Trinajstić information content (AvgIpc) is 3.18. The molecule has 1 aromatic rings. The Morgan fingerprint density at radius 1 is 1.15 bits per heavy atom. The average molecular weight is 361 g/mol. The molecule has 1 amide bonds. The second-order valence-electron chi connectivity index (χ2n) is 6.75. The standard InChI is InChI=1S/C19H27N3O4/c1-3-26-19(24)14-8-10-22(11-9-14)18(23)17-12-16(20-21-17)13-4-6-15(25-2)7-5-13/h4-7,14,16-17,20-21H,3,8-12H2,1-2H3. The van der Waals surface area contributed by atoms with E-state index in [-0.39, 0.29) is 29.9 Å². The van der Waals surface area contributed by atoms with E-state index in [1.54, 1.807) is 7.11 Å². The first-order valence-corrected chi connectivity index (χ1v) is 9.22. The summed E-state index contributed by atoms with van der Waals surface area (Å²) in [6.45, 7) is 3.43. The highest BCUT2D eigenvalue weighted by Gasteiger charge is 2.35. The van der Waals surface area contributed by atoms with Crippen LogP contribution >= 0.6 is 0 Å². The largest absolute Gasteiger partial charge is 0.497 e. The van der Waals surface area contributed by atoms with Gasteiger partial charge in [0, 0.05) is 19.1 Å². The summed E-state index contributed by atoms with van der Waals surface area (Å²) in [5.74, 6) is 0.688. The molecule has 2 atom stereocenters. The third kappa shape index (κ3) is 4.16. The van der Waals surface area contributed by atoms with Crippen LogP contribution in [0.15, 0.2) is 24.3 Å². The predicted octanol–water partition coefficient (Wildman–Crippen LogP) is 1.40. The molecular weight excluding hydrogens is 334 g/mol. The van der Waals surface area contributed by atoms with E-state index in [1.807, 2.05) is 36.1 Å². The molecule has 7 heteroatoms. The smallest absolute Gasteiger partial charge is 0.309 e. The highest BCUT2D eigenvalue weighted by Crippen LogP contribution is 2.26. The molecule has 7 nitrogen and oxygen atoms in total. The molecule has 3 rings (SSSR count). The van der Waals surface area contributed by atoms with E-state index in [4.69, 9.17) is 9.47 Å². The molecule has 2 aliphatic rings. The number of amides is 1. The number of hydrogen-bond donors (Lipinski definition) is 2. The topological polar surface area (TPSA) is 79.9 Å². The molecule has 0 radical (unpaired) electrons. The van der Waals surface area contributed by atoms with Crippen molar-refractivity contribution in [1.82, 2.24) is 15.8 Å². The van der Waals surface area contributed by atoms with Crippen LogP contribution in [0.5, 0.6) is 5.75 Å². The lowest BCUT2D eigenvalue weighted by atomic mass is 9.95. The summed E-state index contributed by atoms with van der Waals surface area (Å²) < 4.78 is 10.3. The zero-order valence-corrected chi connectivity index (χ0v) is 15.4. The van der Waals surface area contributed by atoms with Crippen molar-refractivity contribution in [1.29, 1.82) is 0 Å². The summed E-state index contributed by atoms with van der Waals surface area (Å²) in [4.78, 5) is 26.4. The molecule has 2 unspecified atom stereocenters. The van der Waals surface area contributed by atoms with Gasteiger partial charge in [0.25, 0.3) is 0 Å². The molecule has 0 aromatic heterocycles. The van der Waals surface area contributed by atoms with Gasteiger partial charge in [-0.15, -0.1) is 0 Å². The van der Waals surface area contributed by atoms with Crippen molar-refractivity contribution in [2.75, 3.05) is 26.8 Å². The molecular formula is C19H27N3O4. The van der Waals surface area contributed by atoms with Crippen LogP contribution < -0.4 is 15.6 Å². The van der Waals surface area contributed by atoms with Crippen LogP contribution in [0.1, 0.15) is 37.8 Å². The van der Waals surface area contributed by atoms with Crippen LogP contribution in [-0.2, 0) is 14.3 Å². The van der Waals surface area contributed by atoms with Gasteiger partial charge in [-0.2, -0.15) is 0 Å². The molecule has 1 aromatic carbocycles. The van der Waals surface area contributed by atoms with Crippen molar-refractivity contribution in [3.63, 3.8) is 0 Å². The van der Waals surface area contributed by atoms with Gasteiger partial charge in [0.15, 0.2) is 0 Å². The summed E-state index contributed by atoms with van der Waals surface area (Å²) in [5.41, 5.74) is 7.45. The van der Waals surface area contributed by atoms with Crippen LogP contribution in [0.2, 0.25) is 0 Å². The normalized spacial score (nSPS) is 23.7. The molecule has 2 N–H and O–H groups in total. The Labute approximate surface area is 154 Å². The fourth-order valence-electron chi connectivity index (χ4n) is 3.59. The minimum absolute atomic E-state index is 0.0827. The Morgan fingerprint density at radius 3 is 2.46 bits per heavy atom. The maximum atomic E-state index is 12.8. The van der Waals surface area contributed by atoms with E-state index < -0.39 is 0 Å². The number of esters is 1. The van der Waals surface area contributed by atoms with E-state index in [9.17, 15) is 9.59 Å². The third-order valence-electron chi connectivity index (χ3n) is 5.15. The molecule has 0 spiro atoms. The van der Waals surface area contributed by atoms with Gasteiger partial charge in [-0.1, -0.05) is 12.1 Å². The lowest BCUT2D eigenvalue weighted by Crippen LogP contribution is -2.49. The van der Waals surface area contributed by atoms with Crippen molar-refractivity contribution in [3.05, 3.63) is 29.8 Å². The SMILES string of the molecule is CCOC(=O)C1CCN(C(=O)C2CC(c3ccc(OC)cc3)NN2)CC1. The Morgan fingerprint density at radius 2 is 1.85 bits per heavy atom. The molecule has 2 heterocycles. The van der Waals surface area contributed by atoms with Crippen LogP contribution in [-0.4, -0.2) is 49.6 Å². The van der Waals surface area contributed by atoms with E-state index in [1.165, 1.54) is 0 Å². The Bertz CT molecular complexity index is 626. The summed E-state index contributed by atoms with van der Waals surface area (Å²) in [6.07, 6.45) is 2.04. The molecule has 2 saturated heterocycles. The summed E-state index contributed by atoms with van der Waals surface area (Å²) in [5, 5.41) is 0. The number of hydrazine groups is 1. The molecule has 26 heavy (non-hydrogen) atoms. The molecule has 0 bridgehead atoms. The van der Waals surface area contributed by atoms with Crippen LogP contribution in [0.4, 0.5) is 0 Å². The van der Waals surface area contributed by atoms with Gasteiger partial charge >= 0.3 is 5.97 Å². The first kappa shape index (κ1) is 18.7. The summed E-state index contributed by atoms with van der Waals surface area (Å²) in [6, 6.07) is 7.71. The number of carbonyl (C=O) groups is 2. The Balaban J connectivity index is 1.51. The molecule has 2 aliphatic heterocycles. The quantitative estimate of drug-likeness (QED) is 0.772. The lowest BCUT2D eigenvalue weighted by molar-refractivity contribution is -0.151. The highest BCUT2D eigenvalue weighted by atomic mass is 16.5. The molecule has 0 aliphatic carbocycles. The van der Waals surface area contributed by atoms with Crippen molar-refractivity contribution in [2.45, 2.75) is 38.3 Å². The number of likely N-dealkylation sites (tertiary alicyclic amines) is 1. The first-order valence-electron chi connectivity index (χ1n) is 9.22. The maximum absolute atomic E-state index is 12.8. The monoisotopic (exact) mass is 361 g/mol. The number of carbonyl (C=O) groups excluding carboxylic acids is 2. The summed E-state index contributed by atoms with van der Waals surface area (Å²) in [7, 11) is 1.64. The number of methoxy groups -OCH3 is 1. The third-order valence-corrected chi connectivity index (χ3v) is 5.15. The minimum atomic E-state index is -0.249. The van der Waals surface area contributed by atoms with Crippen molar-refractivity contribution in [2.24, 2.45) is 5.92 Å². The minimum Gasteiger partial charge on any atom is -0.497 e. The molecule has 142 valence electrons. The van der Waals surface area contributed by atoms with E-state index >= 15 is 0 Å². The van der Waals surface area contributed by atoms with Gasteiger partial charge in [0.1, 0.15) is 11.8 Å². The number of nitrogens with zero attached hydrogens (tertiary/aromatic N) is 1. The van der Waals surface area contributed by atoms with E-state index in [0.29, 0.717) is 39.0 Å². The van der Waals surface area contributed by atoms with Crippen molar-refractivity contribution < 1.29 is 19.1 Å². The first-order chi connectivity index (χ1) is 12.6. The van der Waals surface area contributed by atoms with E-state index in [0.717, 1.165) is 11.3 Å². The lowest BCUT2D eigenvalue weighted by Gasteiger charge is -2.32. The van der Waals surface area contributed by atoms with Gasteiger partial charge in [-0.3, -0.25) is 9.59 Å². The van der Waals surface area contributed by atoms with Gasteiger partial charge in [0.05, 0.1) is 19.6 Å². The van der Waals surface area contributed by atoms with Crippen LogP contribution in [0.25, 0.3) is 0 Å². The van der Waals surface area contributed by atoms with Crippen molar-refractivity contribution >= 4 is 11.9 Å². The zero-order chi connectivity index (χ0) is 18.5. The molecule has 2 fully saturated rings. The number of nitrogens with one attached hydrogen (secondary N) is 2. The highest BCUT2D eigenvalue weighted by molar-refractivity contribution is 5.82. The van der Waals surface area contributed by atoms with Gasteiger partial charge in [-0.05, 0) is 43.9 Å². The fourth-order valence-corrected chi connectivity index (χ4v) is 3.59. The predicted molar refractivity (Wildman–Crippen MR) is 96.3 cm³/mol. The number of hydrogen-bond acceptors (Lipinski definition) is 6. The number of rotatable bonds is 5. The zero-order valence-electron chi connectivity index (χ0n) is 15.4. The molecule has 0 saturated carbocycles. The summed E-state index contributed by atoms with van der Waals surface area (Å²) >= 11 is 0. The van der Waals surface area contributed by atoms with Gasteiger partial charge in [-0.25, -0.2) is 10.9 Å². The maximum Gasteiger partial charge on any atom is 0.309 e. The van der Waals surface area contributed by atoms with Gasteiger partial charge < -0.3 is 14.4 Å². The number of ether oxygens (including phenoxy) is 2. The number of benzene rings is 1.